The van der Waals surface area contributed by atoms with Crippen LogP contribution in [0.5, 0.6) is 5.75 Å². The molecule has 2 heterocycles. The molecule has 1 aromatic heterocycles. The summed E-state index contributed by atoms with van der Waals surface area (Å²) in [5, 5.41) is 11.0. The van der Waals surface area contributed by atoms with Gasteiger partial charge in [-0.25, -0.2) is 4.79 Å². The second kappa shape index (κ2) is 8.96. The number of nitrogens with zero attached hydrogens (tertiary/aromatic N) is 2. The third-order valence-corrected chi connectivity index (χ3v) is 5.40. The van der Waals surface area contributed by atoms with Gasteiger partial charge < -0.3 is 14.6 Å². The molecule has 33 heavy (non-hydrogen) atoms. The van der Waals surface area contributed by atoms with Crippen LogP contribution in [0.3, 0.4) is 0 Å². The van der Waals surface area contributed by atoms with E-state index in [-0.39, 0.29) is 11.3 Å². The number of amides is 1. The third kappa shape index (κ3) is 3.94. The van der Waals surface area contributed by atoms with Crippen molar-refractivity contribution in [1.82, 2.24) is 4.98 Å². The first-order chi connectivity index (χ1) is 16.0. The predicted molar refractivity (Wildman–Crippen MR) is 120 cm³/mol. The largest absolute Gasteiger partial charge is 0.507 e. The van der Waals surface area contributed by atoms with E-state index in [1.165, 1.54) is 43.6 Å². The first-order valence-corrected chi connectivity index (χ1v) is 10.00. The van der Waals surface area contributed by atoms with Crippen molar-refractivity contribution in [2.75, 3.05) is 19.1 Å². The molecule has 0 aliphatic carbocycles. The molecule has 1 aliphatic rings. The maximum absolute atomic E-state index is 13.1. The topological polar surface area (TPSA) is 106 Å². The number of anilines is 1. The first-order valence-electron chi connectivity index (χ1n) is 10.00. The van der Waals surface area contributed by atoms with Crippen LogP contribution in [-0.4, -0.2) is 42.0 Å². The molecular weight excluding hydrogens is 424 g/mol. The van der Waals surface area contributed by atoms with Crippen LogP contribution in [0.4, 0.5) is 5.69 Å². The summed E-state index contributed by atoms with van der Waals surface area (Å²) < 4.78 is 9.93. The van der Waals surface area contributed by atoms with Crippen molar-refractivity contribution in [1.29, 1.82) is 0 Å². The summed E-state index contributed by atoms with van der Waals surface area (Å²) in [6, 6.07) is 15.2. The Hall–Kier alpha value is -4.46. The fourth-order valence-electron chi connectivity index (χ4n) is 3.74. The number of benzene rings is 2. The summed E-state index contributed by atoms with van der Waals surface area (Å²) in [6.07, 6.45) is 2.97. The van der Waals surface area contributed by atoms with Gasteiger partial charge >= 0.3 is 5.97 Å². The molecule has 1 amide bonds. The number of ketones is 1. The molecule has 3 aromatic rings. The van der Waals surface area contributed by atoms with Crippen LogP contribution in [0.1, 0.15) is 27.5 Å². The van der Waals surface area contributed by atoms with Crippen LogP contribution in [0.2, 0.25) is 0 Å². The summed E-state index contributed by atoms with van der Waals surface area (Å²) >= 11 is 0. The fourth-order valence-corrected chi connectivity index (χ4v) is 3.74. The number of hydrogen-bond acceptors (Lipinski definition) is 7. The highest BCUT2D eigenvalue weighted by Gasteiger charge is 2.47. The van der Waals surface area contributed by atoms with E-state index in [0.29, 0.717) is 28.1 Å². The molecule has 1 fully saturated rings. The minimum absolute atomic E-state index is 0.0478. The molecule has 8 nitrogen and oxygen atoms in total. The van der Waals surface area contributed by atoms with E-state index in [9.17, 15) is 19.5 Å². The summed E-state index contributed by atoms with van der Waals surface area (Å²) in [5.74, 6) is -1.83. The monoisotopic (exact) mass is 444 g/mol. The molecule has 166 valence electrons. The second-order valence-electron chi connectivity index (χ2n) is 7.22. The minimum Gasteiger partial charge on any atom is -0.507 e. The smallest absolute Gasteiger partial charge is 0.337 e. The molecular formula is C25H20N2O6. The lowest BCUT2D eigenvalue weighted by atomic mass is 9.95. The van der Waals surface area contributed by atoms with Crippen molar-refractivity contribution in [2.24, 2.45) is 0 Å². The van der Waals surface area contributed by atoms with Gasteiger partial charge in [0.15, 0.2) is 0 Å². The third-order valence-electron chi connectivity index (χ3n) is 5.40. The zero-order chi connectivity index (χ0) is 23.5. The Balaban J connectivity index is 1.88. The van der Waals surface area contributed by atoms with Crippen LogP contribution in [0.15, 0.2) is 78.6 Å². The average molecular weight is 444 g/mol. The van der Waals surface area contributed by atoms with Gasteiger partial charge in [0.25, 0.3) is 11.7 Å². The highest BCUT2D eigenvalue weighted by atomic mass is 16.5. The van der Waals surface area contributed by atoms with Crippen molar-refractivity contribution in [3.05, 3.63) is 95.3 Å². The Kier molecular flexibility index (Phi) is 5.91. The normalized spacial score (nSPS) is 17.2. The first kappa shape index (κ1) is 21.8. The number of pyridine rings is 1. The Morgan fingerprint density at radius 1 is 0.909 bits per heavy atom. The van der Waals surface area contributed by atoms with E-state index in [1.54, 1.807) is 48.5 Å². The van der Waals surface area contributed by atoms with Gasteiger partial charge in [0.05, 0.1) is 31.4 Å². The highest BCUT2D eigenvalue weighted by molar-refractivity contribution is 6.51. The number of rotatable bonds is 5. The molecule has 1 saturated heterocycles. The Morgan fingerprint density at radius 3 is 2.12 bits per heavy atom. The number of ether oxygens (including phenoxy) is 2. The lowest BCUT2D eigenvalue weighted by Gasteiger charge is -2.25. The number of methoxy groups -OCH3 is 2. The van der Waals surface area contributed by atoms with Gasteiger partial charge in [-0.2, -0.15) is 0 Å². The predicted octanol–water partition coefficient (Wildman–Crippen LogP) is 3.50. The van der Waals surface area contributed by atoms with Crippen LogP contribution < -0.4 is 9.64 Å². The van der Waals surface area contributed by atoms with Gasteiger partial charge in [-0.3, -0.25) is 19.5 Å². The minimum atomic E-state index is -0.895. The number of aromatic nitrogens is 1. The van der Waals surface area contributed by atoms with Crippen LogP contribution >= 0.6 is 0 Å². The van der Waals surface area contributed by atoms with Crippen LogP contribution in [0.25, 0.3) is 5.76 Å². The number of carbonyl (C=O) groups is 3. The van der Waals surface area contributed by atoms with Gasteiger partial charge in [-0.15, -0.1) is 0 Å². The van der Waals surface area contributed by atoms with Gasteiger partial charge in [0.2, 0.25) is 0 Å². The lowest BCUT2D eigenvalue weighted by molar-refractivity contribution is -0.132. The number of esters is 1. The van der Waals surface area contributed by atoms with Gasteiger partial charge in [0, 0.05) is 23.6 Å². The number of hydrogen-bond donors (Lipinski definition) is 1. The molecule has 8 heteroatoms. The SMILES string of the molecule is COC(=O)c1ccc(N2C(=O)C(=O)/C(=C(/O)c3ccncc3)C2c2ccc(OC)cc2)cc1. The van der Waals surface area contributed by atoms with Gasteiger partial charge in [0.1, 0.15) is 11.5 Å². The standard InChI is InChI=1S/C25H20N2O6/c1-32-19-9-5-15(6-10-19)21-20(22(28)16-11-13-26-14-12-16)23(29)24(30)27(21)18-7-3-17(4-8-18)25(31)33-2/h3-14,21,28H,1-2H3/b22-20+. The van der Waals surface area contributed by atoms with Crippen molar-refractivity contribution < 1.29 is 29.0 Å². The number of aliphatic hydroxyl groups excluding tert-OH is 1. The molecule has 1 atom stereocenters. The molecule has 4 rings (SSSR count). The summed E-state index contributed by atoms with van der Waals surface area (Å²) in [6.45, 7) is 0. The number of aliphatic hydroxyl groups is 1. The number of carbonyl (C=O) groups excluding carboxylic acids is 3. The zero-order valence-corrected chi connectivity index (χ0v) is 17.9. The molecule has 1 unspecified atom stereocenters. The van der Waals surface area contributed by atoms with E-state index in [0.717, 1.165) is 0 Å². The molecule has 2 aromatic carbocycles. The second-order valence-corrected chi connectivity index (χ2v) is 7.22. The zero-order valence-electron chi connectivity index (χ0n) is 17.9. The summed E-state index contributed by atoms with van der Waals surface area (Å²) in [7, 11) is 2.81. The van der Waals surface area contributed by atoms with Gasteiger partial charge in [-0.05, 0) is 54.1 Å². The molecule has 1 N–H and O–H groups in total. The Bertz CT molecular complexity index is 1230. The van der Waals surface area contributed by atoms with Crippen molar-refractivity contribution in [3.63, 3.8) is 0 Å². The molecule has 0 saturated carbocycles. The van der Waals surface area contributed by atoms with E-state index in [1.807, 2.05) is 0 Å². The summed E-state index contributed by atoms with van der Waals surface area (Å²) in [5.41, 5.74) is 1.61. The van der Waals surface area contributed by atoms with Crippen molar-refractivity contribution >= 4 is 29.1 Å². The highest BCUT2D eigenvalue weighted by Crippen LogP contribution is 2.42. The van der Waals surface area contributed by atoms with E-state index < -0.39 is 23.7 Å². The van der Waals surface area contributed by atoms with Crippen LogP contribution in [-0.2, 0) is 14.3 Å². The maximum Gasteiger partial charge on any atom is 0.337 e. The summed E-state index contributed by atoms with van der Waals surface area (Å²) in [4.78, 5) is 43.3. The van der Waals surface area contributed by atoms with Crippen LogP contribution in [0, 0.1) is 0 Å². The average Bonchev–Trinajstić information content (AvgIpc) is 3.14. The van der Waals surface area contributed by atoms with E-state index in [4.69, 9.17) is 9.47 Å². The molecule has 1 aliphatic heterocycles. The van der Waals surface area contributed by atoms with E-state index >= 15 is 0 Å². The fraction of sp³-hybridized carbons (Fsp3) is 0.120. The Morgan fingerprint density at radius 2 is 1.55 bits per heavy atom. The molecule has 0 bridgehead atoms. The maximum atomic E-state index is 13.1. The lowest BCUT2D eigenvalue weighted by Crippen LogP contribution is -2.29. The molecule has 0 spiro atoms. The van der Waals surface area contributed by atoms with Crippen molar-refractivity contribution in [2.45, 2.75) is 6.04 Å². The van der Waals surface area contributed by atoms with E-state index in [2.05, 4.69) is 4.98 Å². The molecule has 0 radical (unpaired) electrons. The quantitative estimate of drug-likeness (QED) is 0.278. The van der Waals surface area contributed by atoms with Gasteiger partial charge in [-0.1, -0.05) is 12.1 Å². The number of Topliss-reactive ketones (excluding diaryl/α,β-unsaturated/α-hetero) is 1. The Labute approximate surface area is 189 Å². The van der Waals surface area contributed by atoms with Crippen molar-refractivity contribution in [3.8, 4) is 5.75 Å².